The highest BCUT2D eigenvalue weighted by molar-refractivity contribution is 7.99. The van der Waals surface area contributed by atoms with Crippen molar-refractivity contribution in [1.29, 1.82) is 0 Å². The van der Waals surface area contributed by atoms with Crippen LogP contribution in [0.3, 0.4) is 0 Å². The van der Waals surface area contributed by atoms with Crippen molar-refractivity contribution in [3.63, 3.8) is 0 Å². The van der Waals surface area contributed by atoms with E-state index in [1.165, 1.54) is 11.8 Å². The van der Waals surface area contributed by atoms with E-state index >= 15 is 0 Å². The van der Waals surface area contributed by atoms with Gasteiger partial charge in [0.1, 0.15) is 0 Å². The Morgan fingerprint density at radius 1 is 1.06 bits per heavy atom. The maximum Gasteiger partial charge on any atom is 0.277 e. The molecule has 0 bridgehead atoms. The number of ether oxygens (including phenoxy) is 2. The van der Waals surface area contributed by atoms with Crippen molar-refractivity contribution in [2.75, 3.05) is 26.5 Å². The van der Waals surface area contributed by atoms with Gasteiger partial charge in [-0.15, -0.1) is 10.2 Å². The van der Waals surface area contributed by atoms with Gasteiger partial charge in [0.25, 0.3) is 5.22 Å². The van der Waals surface area contributed by atoms with Gasteiger partial charge >= 0.3 is 0 Å². The highest BCUT2D eigenvalue weighted by Crippen LogP contribution is 2.28. The monoisotopic (exact) mass is 450 g/mol. The zero-order chi connectivity index (χ0) is 22.3. The van der Waals surface area contributed by atoms with Crippen molar-refractivity contribution in [2.45, 2.75) is 11.6 Å². The molecule has 0 atom stereocenters. The molecule has 0 unspecified atom stereocenters. The molecule has 0 aliphatic rings. The molecule has 4 rings (SSSR count). The van der Waals surface area contributed by atoms with Crippen LogP contribution in [-0.2, 0) is 11.2 Å². The first-order valence-electron chi connectivity index (χ1n) is 9.95. The molecular weight excluding hydrogens is 428 g/mol. The lowest BCUT2D eigenvalue weighted by Crippen LogP contribution is -2.27. The van der Waals surface area contributed by atoms with Gasteiger partial charge in [-0.2, -0.15) is 0 Å². The molecule has 2 aromatic carbocycles. The lowest BCUT2D eigenvalue weighted by Gasteiger charge is -2.10. The van der Waals surface area contributed by atoms with Gasteiger partial charge in [-0.3, -0.25) is 9.78 Å². The zero-order valence-corrected chi connectivity index (χ0v) is 18.5. The van der Waals surface area contributed by atoms with E-state index in [2.05, 4.69) is 20.5 Å². The number of hydrogen-bond donors (Lipinski definition) is 1. The quantitative estimate of drug-likeness (QED) is 0.385. The predicted molar refractivity (Wildman–Crippen MR) is 122 cm³/mol. The van der Waals surface area contributed by atoms with Crippen molar-refractivity contribution >= 4 is 28.6 Å². The van der Waals surface area contributed by atoms with Gasteiger partial charge in [0.05, 0.1) is 25.5 Å². The number of amides is 1. The summed E-state index contributed by atoms with van der Waals surface area (Å²) in [6.45, 7) is 0.509. The molecule has 0 saturated heterocycles. The molecule has 164 valence electrons. The number of carbonyl (C=O) groups excluding carboxylic acids is 1. The fourth-order valence-electron chi connectivity index (χ4n) is 3.15. The molecule has 4 aromatic rings. The second kappa shape index (κ2) is 10.1. The molecule has 0 radical (unpaired) electrons. The summed E-state index contributed by atoms with van der Waals surface area (Å²) >= 11 is 1.20. The average Bonchev–Trinajstić information content (AvgIpc) is 3.31. The largest absolute Gasteiger partial charge is 0.493 e. The Hall–Kier alpha value is -3.59. The van der Waals surface area contributed by atoms with Crippen molar-refractivity contribution in [3.8, 4) is 23.0 Å². The van der Waals surface area contributed by atoms with E-state index in [-0.39, 0.29) is 11.7 Å². The molecule has 0 fully saturated rings. The Bertz CT molecular complexity index is 1230. The average molecular weight is 451 g/mol. The minimum atomic E-state index is -0.105. The number of thioether (sulfide) groups is 1. The van der Waals surface area contributed by atoms with Gasteiger partial charge in [0.2, 0.25) is 11.8 Å². The van der Waals surface area contributed by atoms with Crippen LogP contribution in [0.1, 0.15) is 5.56 Å². The Morgan fingerprint density at radius 3 is 2.78 bits per heavy atom. The van der Waals surface area contributed by atoms with Gasteiger partial charge in [-0.05, 0) is 48.4 Å². The van der Waals surface area contributed by atoms with Crippen LogP contribution in [0.15, 0.2) is 64.4 Å². The number of rotatable bonds is 9. The third kappa shape index (κ3) is 5.17. The third-order valence-electron chi connectivity index (χ3n) is 4.77. The van der Waals surface area contributed by atoms with E-state index in [1.54, 1.807) is 20.4 Å². The summed E-state index contributed by atoms with van der Waals surface area (Å²) in [7, 11) is 3.20. The van der Waals surface area contributed by atoms with Gasteiger partial charge < -0.3 is 19.2 Å². The van der Waals surface area contributed by atoms with Crippen molar-refractivity contribution in [1.82, 2.24) is 20.5 Å². The van der Waals surface area contributed by atoms with Crippen LogP contribution < -0.4 is 14.8 Å². The topological polar surface area (TPSA) is 99.4 Å². The number of methoxy groups -OCH3 is 2. The number of fused-ring (bicyclic) bond motifs is 1. The molecule has 2 aromatic heterocycles. The normalized spacial score (nSPS) is 10.8. The zero-order valence-electron chi connectivity index (χ0n) is 17.7. The lowest BCUT2D eigenvalue weighted by atomic mass is 10.1. The molecule has 0 aliphatic heterocycles. The first-order valence-corrected chi connectivity index (χ1v) is 10.9. The van der Waals surface area contributed by atoms with Gasteiger partial charge in [0.15, 0.2) is 11.5 Å². The fourth-order valence-corrected chi connectivity index (χ4v) is 3.75. The Labute approximate surface area is 189 Å². The molecular formula is C23H22N4O4S. The number of carbonyl (C=O) groups is 1. The van der Waals surface area contributed by atoms with Crippen molar-refractivity contribution in [2.24, 2.45) is 0 Å². The summed E-state index contributed by atoms with van der Waals surface area (Å²) in [6, 6.07) is 15.3. The minimum Gasteiger partial charge on any atom is -0.493 e. The number of nitrogens with one attached hydrogen (secondary N) is 1. The van der Waals surface area contributed by atoms with Gasteiger partial charge in [-0.25, -0.2) is 0 Å². The first-order chi connectivity index (χ1) is 15.7. The third-order valence-corrected chi connectivity index (χ3v) is 5.59. The van der Waals surface area contributed by atoms with E-state index < -0.39 is 0 Å². The molecule has 0 aliphatic carbocycles. The van der Waals surface area contributed by atoms with E-state index in [0.29, 0.717) is 35.6 Å². The number of pyridine rings is 1. The van der Waals surface area contributed by atoms with E-state index in [4.69, 9.17) is 13.9 Å². The van der Waals surface area contributed by atoms with E-state index in [1.807, 2.05) is 48.5 Å². The highest BCUT2D eigenvalue weighted by atomic mass is 32.2. The second-order valence-electron chi connectivity index (χ2n) is 6.86. The summed E-state index contributed by atoms with van der Waals surface area (Å²) in [5.41, 5.74) is 2.75. The molecule has 0 spiro atoms. The number of benzene rings is 2. The highest BCUT2D eigenvalue weighted by Gasteiger charge is 2.12. The smallest absolute Gasteiger partial charge is 0.277 e. The maximum absolute atomic E-state index is 12.2. The Balaban J connectivity index is 1.27. The molecule has 2 heterocycles. The number of nitrogens with zero attached hydrogens (tertiary/aromatic N) is 3. The summed E-state index contributed by atoms with van der Waals surface area (Å²) in [6.07, 6.45) is 2.43. The standard InChI is InChI=1S/C23H22N4O4S/c1-29-19-8-5-15(12-20(19)30-2)9-11-25-21(28)14-32-23-27-26-22(31-23)17-6-7-18-16(13-17)4-3-10-24-18/h3-8,10,12-13H,9,11,14H2,1-2H3,(H,25,28). The molecule has 32 heavy (non-hydrogen) atoms. The first kappa shape index (κ1) is 21.6. The fraction of sp³-hybridized carbons (Fsp3) is 0.217. The van der Waals surface area contributed by atoms with Crippen LogP contribution >= 0.6 is 11.8 Å². The minimum absolute atomic E-state index is 0.105. The van der Waals surface area contributed by atoms with E-state index in [9.17, 15) is 4.79 Å². The SMILES string of the molecule is COc1ccc(CCNC(=O)CSc2nnc(-c3ccc4ncccc4c3)o2)cc1OC. The maximum atomic E-state index is 12.2. The van der Waals surface area contributed by atoms with Crippen LogP contribution in [0.25, 0.3) is 22.4 Å². The lowest BCUT2D eigenvalue weighted by molar-refractivity contribution is -0.118. The van der Waals surface area contributed by atoms with Crippen LogP contribution in [0.4, 0.5) is 0 Å². The van der Waals surface area contributed by atoms with Crippen LogP contribution in [-0.4, -0.2) is 47.6 Å². The summed E-state index contributed by atoms with van der Waals surface area (Å²) in [4.78, 5) is 16.5. The summed E-state index contributed by atoms with van der Waals surface area (Å²) < 4.78 is 16.2. The second-order valence-corrected chi connectivity index (χ2v) is 7.79. The number of aromatic nitrogens is 3. The molecule has 1 amide bonds. The van der Waals surface area contributed by atoms with Gasteiger partial charge in [-0.1, -0.05) is 23.9 Å². The molecule has 9 heteroatoms. The van der Waals surface area contributed by atoms with Crippen LogP contribution in [0, 0.1) is 0 Å². The molecule has 8 nitrogen and oxygen atoms in total. The Morgan fingerprint density at radius 2 is 1.94 bits per heavy atom. The van der Waals surface area contributed by atoms with E-state index in [0.717, 1.165) is 22.0 Å². The molecule has 1 N–H and O–H groups in total. The molecule has 0 saturated carbocycles. The summed E-state index contributed by atoms with van der Waals surface area (Å²) in [5.74, 6) is 1.84. The van der Waals surface area contributed by atoms with Crippen molar-refractivity contribution < 1.29 is 18.7 Å². The van der Waals surface area contributed by atoms with Crippen molar-refractivity contribution in [3.05, 3.63) is 60.3 Å². The van der Waals surface area contributed by atoms with Crippen LogP contribution in [0.5, 0.6) is 11.5 Å². The summed E-state index contributed by atoms with van der Waals surface area (Å²) in [5, 5.41) is 12.4. The van der Waals surface area contributed by atoms with Gasteiger partial charge in [0, 0.05) is 23.7 Å². The van der Waals surface area contributed by atoms with Crippen LogP contribution in [0.2, 0.25) is 0 Å². The predicted octanol–water partition coefficient (Wildman–Crippen LogP) is 3.75. The number of hydrogen-bond acceptors (Lipinski definition) is 8. The Kier molecular flexibility index (Phi) is 6.86.